The predicted octanol–water partition coefficient (Wildman–Crippen LogP) is 8.84. The Balaban J connectivity index is 1.56. The molecule has 0 bridgehead atoms. The number of nitrogens with zero attached hydrogens (tertiary/aromatic N) is 1. The highest BCUT2D eigenvalue weighted by Crippen LogP contribution is 2.29. The highest BCUT2D eigenvalue weighted by Gasteiger charge is 2.18. The lowest BCUT2D eigenvalue weighted by atomic mass is 9.93. The van der Waals surface area contributed by atoms with Crippen molar-refractivity contribution >= 4 is 58.2 Å². The lowest BCUT2D eigenvalue weighted by Gasteiger charge is -2.24. The van der Waals surface area contributed by atoms with Crippen LogP contribution in [-0.4, -0.2) is 17.1 Å². The van der Waals surface area contributed by atoms with Gasteiger partial charge in [-0.15, -0.1) is 0 Å². The van der Waals surface area contributed by atoms with E-state index in [1.165, 1.54) is 30.1 Å². The molecule has 0 fully saturated rings. The smallest absolute Gasteiger partial charge is 0.328 e. The topological polar surface area (TPSA) is 69.6 Å². The molecular weight excluding hydrogens is 519 g/mol. The maximum absolute atomic E-state index is 13.5. The number of hydrogen-bond acceptors (Lipinski definition) is 2. The number of carbonyl (C=O) groups is 2. The second kappa shape index (κ2) is 13.1. The van der Waals surface area contributed by atoms with Crippen LogP contribution in [0.4, 0.5) is 16.2 Å². The van der Waals surface area contributed by atoms with Gasteiger partial charge in [-0.2, -0.15) is 0 Å². The third kappa shape index (κ3) is 7.85. The van der Waals surface area contributed by atoms with E-state index in [0.29, 0.717) is 22.3 Å². The molecule has 5 nitrogen and oxygen atoms in total. The number of carboxylic acid groups (broad SMARTS) is 1. The molecule has 0 atom stereocenters. The molecule has 0 saturated heterocycles. The van der Waals surface area contributed by atoms with Gasteiger partial charge in [-0.25, -0.2) is 9.59 Å². The number of aliphatic carboxylic acids is 1. The lowest BCUT2D eigenvalue weighted by Crippen LogP contribution is -2.34. The quantitative estimate of drug-likeness (QED) is 0.219. The van der Waals surface area contributed by atoms with E-state index in [1.54, 1.807) is 29.2 Å². The van der Waals surface area contributed by atoms with Crippen molar-refractivity contribution in [3.63, 3.8) is 0 Å². The van der Waals surface area contributed by atoms with Gasteiger partial charge in [0, 0.05) is 27.5 Å². The number of amides is 2. The average Bonchev–Trinajstić information content (AvgIpc) is 2.90. The van der Waals surface area contributed by atoms with Crippen molar-refractivity contribution in [1.29, 1.82) is 0 Å². The first kappa shape index (κ1) is 27.2. The van der Waals surface area contributed by atoms with Gasteiger partial charge in [0.25, 0.3) is 0 Å². The fraction of sp³-hybridized carbons (Fsp3) is 0.161. The van der Waals surface area contributed by atoms with E-state index in [-0.39, 0.29) is 6.03 Å². The first-order valence-corrected chi connectivity index (χ1v) is 13.1. The number of benzene rings is 3. The second-order valence-corrected chi connectivity index (χ2v) is 9.87. The number of carbonyl (C=O) groups excluding carboxylic acids is 1. The Labute approximate surface area is 232 Å². The number of anilines is 2. The van der Waals surface area contributed by atoms with E-state index >= 15 is 0 Å². The van der Waals surface area contributed by atoms with Crippen LogP contribution in [0.25, 0.3) is 11.6 Å². The van der Waals surface area contributed by atoms with E-state index in [1.807, 2.05) is 42.5 Å². The zero-order valence-corrected chi connectivity index (χ0v) is 22.3. The van der Waals surface area contributed by atoms with Gasteiger partial charge in [-0.3, -0.25) is 4.90 Å². The van der Waals surface area contributed by atoms with Crippen LogP contribution in [0.5, 0.6) is 0 Å². The van der Waals surface area contributed by atoms with Crippen LogP contribution in [0.2, 0.25) is 10.0 Å². The molecule has 0 spiro atoms. The Morgan fingerprint density at radius 3 is 2.26 bits per heavy atom. The highest BCUT2D eigenvalue weighted by molar-refractivity contribution is 6.35. The third-order valence-corrected chi connectivity index (χ3v) is 6.60. The van der Waals surface area contributed by atoms with Gasteiger partial charge >= 0.3 is 12.0 Å². The predicted molar refractivity (Wildman–Crippen MR) is 157 cm³/mol. The van der Waals surface area contributed by atoms with Gasteiger partial charge in [-0.1, -0.05) is 83.9 Å². The second-order valence-electron chi connectivity index (χ2n) is 8.99. The van der Waals surface area contributed by atoms with E-state index in [9.17, 15) is 9.59 Å². The minimum atomic E-state index is -0.994. The Kier molecular flexibility index (Phi) is 9.41. The summed E-state index contributed by atoms with van der Waals surface area (Å²) >= 11 is 12.3. The number of urea groups is 1. The van der Waals surface area contributed by atoms with Gasteiger partial charge in [0.2, 0.25) is 0 Å². The maximum Gasteiger partial charge on any atom is 0.328 e. The molecule has 4 rings (SSSR count). The number of carboxylic acids is 1. The monoisotopic (exact) mass is 546 g/mol. The number of hydrogen-bond donors (Lipinski definition) is 2. The van der Waals surface area contributed by atoms with E-state index in [2.05, 4.69) is 23.5 Å². The molecule has 2 N–H and O–H groups in total. The first-order valence-electron chi connectivity index (χ1n) is 12.4. The summed E-state index contributed by atoms with van der Waals surface area (Å²) in [6.07, 6.45) is 12.9. The molecular formula is C31H28Cl2N2O3. The molecule has 38 heavy (non-hydrogen) atoms. The zero-order chi connectivity index (χ0) is 26.9. The van der Waals surface area contributed by atoms with Crippen LogP contribution < -0.4 is 10.2 Å². The molecule has 7 heteroatoms. The van der Waals surface area contributed by atoms with Crippen molar-refractivity contribution in [2.75, 3.05) is 10.2 Å². The van der Waals surface area contributed by atoms with Crippen LogP contribution in [0.15, 0.2) is 91.0 Å². The molecule has 0 heterocycles. The van der Waals surface area contributed by atoms with Gasteiger partial charge in [0.1, 0.15) is 0 Å². The molecule has 194 valence electrons. The van der Waals surface area contributed by atoms with E-state index < -0.39 is 5.97 Å². The van der Waals surface area contributed by atoms with Crippen LogP contribution in [0.3, 0.4) is 0 Å². The highest BCUT2D eigenvalue weighted by atomic mass is 35.5. The zero-order valence-electron chi connectivity index (χ0n) is 20.7. The molecule has 0 aromatic heterocycles. The summed E-state index contributed by atoms with van der Waals surface area (Å²) in [6.45, 7) is 0.338. The Morgan fingerprint density at radius 1 is 0.921 bits per heavy atom. The number of halogens is 2. The molecule has 1 aliphatic rings. The first-order chi connectivity index (χ1) is 18.4. The average molecular weight is 547 g/mol. The normalized spacial score (nSPS) is 13.5. The molecule has 0 unspecified atom stereocenters. The summed E-state index contributed by atoms with van der Waals surface area (Å²) in [5.74, 6) is -0.994. The number of nitrogens with one attached hydrogen (secondary N) is 1. The molecule has 0 aliphatic heterocycles. The molecule has 2 amide bonds. The van der Waals surface area contributed by atoms with Crippen molar-refractivity contribution in [1.82, 2.24) is 0 Å². The summed E-state index contributed by atoms with van der Waals surface area (Å²) in [7, 11) is 0. The molecule has 3 aromatic carbocycles. The lowest BCUT2D eigenvalue weighted by molar-refractivity contribution is -0.131. The SMILES string of the molecule is O=C(O)C=CC=Cc1ccc(CN(C(=O)Nc2cc(Cl)cc(Cl)c2)c2ccc(C3=CCCCC3)cc2)cc1. The minimum Gasteiger partial charge on any atom is -0.478 e. The van der Waals surface area contributed by atoms with Gasteiger partial charge in [-0.05, 0) is 78.3 Å². The maximum atomic E-state index is 13.5. The van der Waals surface area contributed by atoms with Crippen LogP contribution in [0, 0.1) is 0 Å². The summed E-state index contributed by atoms with van der Waals surface area (Å²) in [6, 6.07) is 20.4. The number of allylic oxidation sites excluding steroid dienone is 4. The molecule has 3 aromatic rings. The van der Waals surface area contributed by atoms with Crippen molar-refractivity contribution in [3.8, 4) is 0 Å². The van der Waals surface area contributed by atoms with Crippen LogP contribution in [0.1, 0.15) is 42.4 Å². The summed E-state index contributed by atoms with van der Waals surface area (Å²) in [5, 5.41) is 12.5. The minimum absolute atomic E-state index is 0.309. The van der Waals surface area contributed by atoms with E-state index in [0.717, 1.165) is 35.7 Å². The summed E-state index contributed by atoms with van der Waals surface area (Å²) in [5.41, 5.74) is 5.66. The largest absolute Gasteiger partial charge is 0.478 e. The summed E-state index contributed by atoms with van der Waals surface area (Å²) in [4.78, 5) is 25.8. The summed E-state index contributed by atoms with van der Waals surface area (Å²) < 4.78 is 0. The standard InChI is InChI=1S/C31H28Cl2N2O3/c32-26-18-27(33)20-28(19-26)34-31(38)35(29-16-14-25(15-17-29)24-7-2-1-3-8-24)21-23-12-10-22(11-13-23)6-4-5-9-30(36)37/h4-7,9-20H,1-3,8,21H2,(H,34,38)(H,36,37). The van der Waals surface area contributed by atoms with E-state index in [4.69, 9.17) is 28.3 Å². The van der Waals surface area contributed by atoms with Crippen molar-refractivity contribution in [3.05, 3.63) is 118 Å². The van der Waals surface area contributed by atoms with Crippen LogP contribution in [-0.2, 0) is 11.3 Å². The molecule has 0 saturated carbocycles. The van der Waals surface area contributed by atoms with Gasteiger partial charge in [0.05, 0.1) is 6.54 Å². The molecule has 1 aliphatic carbocycles. The van der Waals surface area contributed by atoms with Gasteiger partial charge < -0.3 is 10.4 Å². The Morgan fingerprint density at radius 2 is 1.63 bits per heavy atom. The van der Waals surface area contributed by atoms with Gasteiger partial charge in [0.15, 0.2) is 0 Å². The number of rotatable bonds is 8. The van der Waals surface area contributed by atoms with Crippen molar-refractivity contribution in [2.24, 2.45) is 0 Å². The fourth-order valence-corrected chi connectivity index (χ4v) is 4.80. The van der Waals surface area contributed by atoms with Crippen molar-refractivity contribution in [2.45, 2.75) is 32.2 Å². The van der Waals surface area contributed by atoms with Crippen molar-refractivity contribution < 1.29 is 14.7 Å². The van der Waals surface area contributed by atoms with Crippen LogP contribution >= 0.6 is 23.2 Å². The third-order valence-electron chi connectivity index (χ3n) is 6.16. The molecule has 0 radical (unpaired) electrons. The Hall–Kier alpha value is -3.80. The fourth-order valence-electron chi connectivity index (χ4n) is 4.27. The Bertz CT molecular complexity index is 1360.